The predicted molar refractivity (Wildman–Crippen MR) is 165 cm³/mol. The largest absolute Gasteiger partial charge is 0.490 e. The molecule has 5 rings (SSSR count). The van der Waals surface area contributed by atoms with E-state index in [1.807, 2.05) is 4.90 Å². The minimum atomic E-state index is -5.08. The normalized spacial score (nSPS) is 24.1. The van der Waals surface area contributed by atoms with Crippen LogP contribution >= 0.6 is 15.9 Å². The van der Waals surface area contributed by atoms with Crippen LogP contribution in [0, 0.1) is 11.8 Å². The number of carbonyl (C=O) groups excluding carboxylic acids is 2. The number of hydrogen-bond donors (Lipinski definition) is 1. The van der Waals surface area contributed by atoms with Crippen LogP contribution in [0.1, 0.15) is 101 Å². The van der Waals surface area contributed by atoms with Gasteiger partial charge in [0.05, 0.1) is 5.56 Å². The van der Waals surface area contributed by atoms with Crippen LogP contribution in [0.5, 0.6) is 0 Å². The maximum absolute atomic E-state index is 13.3. The molecule has 1 aliphatic carbocycles. The predicted octanol–water partition coefficient (Wildman–Crippen LogP) is 7.34. The lowest BCUT2D eigenvalue weighted by atomic mass is 9.74. The zero-order valence-corrected chi connectivity index (χ0v) is 28.0. The molecule has 1 aromatic heterocycles. The van der Waals surface area contributed by atoms with Crippen molar-refractivity contribution in [1.29, 1.82) is 0 Å². The number of aliphatic carboxylic acids is 1. The standard InChI is InChI=1S/C30H46BrN3O4.C2HF3O2/c1-3-4-10-25-21-33(20-23-8-6-5-7-9-23)28(36)38-30(25)13-17-34(18-14-30)29(2)11-15-32(16-12-29)27(35)24-19-26(31)37-22-24;3-2(4,5)1(6)7/h19,22-23,25H,3-18,20-21H2,1-2H3;(H,6,7). The van der Waals surface area contributed by atoms with E-state index in [1.165, 1.54) is 51.2 Å². The maximum Gasteiger partial charge on any atom is 0.490 e. The van der Waals surface area contributed by atoms with Crippen molar-refractivity contribution in [3.05, 3.63) is 22.6 Å². The van der Waals surface area contributed by atoms with Crippen LogP contribution in [0.4, 0.5) is 18.0 Å². The molecule has 0 aromatic carbocycles. The van der Waals surface area contributed by atoms with Crippen molar-refractivity contribution in [2.24, 2.45) is 11.8 Å². The van der Waals surface area contributed by atoms with Crippen LogP contribution in [0.15, 0.2) is 21.4 Å². The third kappa shape index (κ3) is 8.96. The molecular weight excluding hydrogens is 659 g/mol. The van der Waals surface area contributed by atoms with Gasteiger partial charge in [-0.05, 0) is 60.9 Å². The average molecular weight is 707 g/mol. The fourth-order valence-corrected chi connectivity index (χ4v) is 7.85. The number of nitrogens with zero attached hydrogens (tertiary/aromatic N) is 3. The summed E-state index contributed by atoms with van der Waals surface area (Å²) < 4.78 is 44.0. The number of carboxylic acid groups (broad SMARTS) is 1. The molecule has 3 aliphatic heterocycles. The molecule has 254 valence electrons. The Balaban J connectivity index is 0.000000591. The number of carboxylic acids is 1. The van der Waals surface area contributed by atoms with Gasteiger partial charge in [-0.15, -0.1) is 0 Å². The van der Waals surface area contributed by atoms with Gasteiger partial charge >= 0.3 is 18.2 Å². The van der Waals surface area contributed by atoms with Gasteiger partial charge in [0.2, 0.25) is 0 Å². The summed E-state index contributed by atoms with van der Waals surface area (Å²) in [5, 5.41) is 7.12. The molecule has 3 saturated heterocycles. The third-order valence-corrected chi connectivity index (χ3v) is 10.8. The first-order valence-electron chi connectivity index (χ1n) is 16.3. The summed E-state index contributed by atoms with van der Waals surface area (Å²) in [5.41, 5.74) is 0.364. The van der Waals surface area contributed by atoms with Crippen LogP contribution in [0.25, 0.3) is 0 Å². The first-order chi connectivity index (χ1) is 21.3. The minimum Gasteiger partial charge on any atom is -0.475 e. The molecule has 4 aliphatic rings. The quantitative estimate of drug-likeness (QED) is 0.317. The number of carbonyl (C=O) groups is 3. The highest BCUT2D eigenvalue weighted by Crippen LogP contribution is 2.43. The molecule has 4 fully saturated rings. The van der Waals surface area contributed by atoms with Gasteiger partial charge in [0.1, 0.15) is 11.9 Å². The topological polar surface area (TPSA) is 104 Å². The second-order valence-electron chi connectivity index (χ2n) is 13.4. The molecule has 1 saturated carbocycles. The molecule has 1 aromatic rings. The van der Waals surface area contributed by atoms with Crippen molar-refractivity contribution < 1.29 is 41.8 Å². The second-order valence-corrected chi connectivity index (χ2v) is 14.2. The Bertz CT molecular complexity index is 1160. The molecule has 4 heterocycles. The molecule has 0 radical (unpaired) electrons. The Labute approximate surface area is 271 Å². The Kier molecular flexibility index (Phi) is 11.9. The second kappa shape index (κ2) is 15.1. The smallest absolute Gasteiger partial charge is 0.475 e. The molecule has 1 N–H and O–H groups in total. The van der Waals surface area contributed by atoms with Crippen LogP contribution in [0.3, 0.4) is 0 Å². The van der Waals surface area contributed by atoms with Gasteiger partial charge < -0.3 is 24.1 Å². The monoisotopic (exact) mass is 705 g/mol. The molecule has 1 spiro atoms. The number of alkyl halides is 3. The van der Waals surface area contributed by atoms with E-state index in [4.69, 9.17) is 19.1 Å². The van der Waals surface area contributed by atoms with Crippen molar-refractivity contribution in [1.82, 2.24) is 14.7 Å². The molecule has 45 heavy (non-hydrogen) atoms. The summed E-state index contributed by atoms with van der Waals surface area (Å²) in [5.74, 6) is -1.64. The minimum absolute atomic E-state index is 0.0461. The zero-order valence-electron chi connectivity index (χ0n) is 26.4. The number of ether oxygens (including phenoxy) is 1. The number of amides is 2. The fraction of sp³-hybridized carbons (Fsp3) is 0.781. The molecule has 9 nitrogen and oxygen atoms in total. The molecular formula is C32H47BrF3N3O6. The summed E-state index contributed by atoms with van der Waals surface area (Å²) in [6.07, 6.45) is 10.1. The van der Waals surface area contributed by atoms with Gasteiger partial charge in [0.15, 0.2) is 4.67 Å². The summed E-state index contributed by atoms with van der Waals surface area (Å²) >= 11 is 3.29. The lowest BCUT2D eigenvalue weighted by Gasteiger charge is -2.55. The van der Waals surface area contributed by atoms with E-state index in [0.717, 1.165) is 71.4 Å². The van der Waals surface area contributed by atoms with Crippen LogP contribution in [-0.4, -0.2) is 94.4 Å². The van der Waals surface area contributed by atoms with E-state index in [2.05, 4.69) is 39.6 Å². The lowest BCUT2D eigenvalue weighted by molar-refractivity contribution is -0.192. The van der Waals surface area contributed by atoms with Gasteiger partial charge in [-0.3, -0.25) is 9.69 Å². The highest BCUT2D eigenvalue weighted by molar-refractivity contribution is 9.10. The zero-order chi connectivity index (χ0) is 32.8. The SMILES string of the molecule is CCCCC1CN(CC2CCCCC2)C(=O)OC12CCN(C1(C)CCN(C(=O)c3coc(Br)c3)CC1)CC2.O=C(O)C(F)(F)F. The van der Waals surface area contributed by atoms with Gasteiger partial charge in [-0.25, -0.2) is 9.59 Å². The van der Waals surface area contributed by atoms with Gasteiger partial charge in [0, 0.05) is 69.6 Å². The average Bonchev–Trinajstić information content (AvgIpc) is 3.45. The highest BCUT2D eigenvalue weighted by atomic mass is 79.9. The Morgan fingerprint density at radius 3 is 2.22 bits per heavy atom. The summed E-state index contributed by atoms with van der Waals surface area (Å²) in [4.78, 5) is 41.7. The number of halogens is 4. The number of piperidine rings is 2. The Hall–Kier alpha value is -2.28. The highest BCUT2D eigenvalue weighted by Gasteiger charge is 2.51. The molecule has 1 unspecified atom stereocenters. The summed E-state index contributed by atoms with van der Waals surface area (Å²) in [6, 6.07) is 1.75. The van der Waals surface area contributed by atoms with Crippen molar-refractivity contribution in [2.75, 3.05) is 39.3 Å². The van der Waals surface area contributed by atoms with E-state index in [0.29, 0.717) is 22.1 Å². The van der Waals surface area contributed by atoms with E-state index in [1.54, 1.807) is 6.07 Å². The molecule has 13 heteroatoms. The Morgan fingerprint density at radius 2 is 1.69 bits per heavy atom. The van der Waals surface area contributed by atoms with Crippen LogP contribution in [0.2, 0.25) is 0 Å². The number of likely N-dealkylation sites (tertiary alicyclic amines) is 2. The van der Waals surface area contributed by atoms with Crippen molar-refractivity contribution in [2.45, 2.75) is 108 Å². The van der Waals surface area contributed by atoms with E-state index < -0.39 is 12.1 Å². The number of unbranched alkanes of at least 4 members (excludes halogenated alkanes) is 1. The van der Waals surface area contributed by atoms with Gasteiger partial charge in [-0.1, -0.05) is 39.0 Å². The first kappa shape index (κ1) is 35.6. The van der Waals surface area contributed by atoms with E-state index >= 15 is 0 Å². The third-order valence-electron chi connectivity index (χ3n) is 10.4. The van der Waals surface area contributed by atoms with Gasteiger partial charge in [-0.2, -0.15) is 13.2 Å². The van der Waals surface area contributed by atoms with Crippen LogP contribution < -0.4 is 0 Å². The van der Waals surface area contributed by atoms with Crippen molar-refractivity contribution >= 4 is 33.9 Å². The first-order valence-corrected chi connectivity index (χ1v) is 17.1. The number of rotatable bonds is 7. The summed E-state index contributed by atoms with van der Waals surface area (Å²) in [6.45, 7) is 9.78. The molecule has 0 bridgehead atoms. The summed E-state index contributed by atoms with van der Waals surface area (Å²) in [7, 11) is 0. The van der Waals surface area contributed by atoms with Crippen LogP contribution in [-0.2, 0) is 9.53 Å². The Morgan fingerprint density at radius 1 is 1.07 bits per heavy atom. The molecule has 2 amide bonds. The lowest BCUT2D eigenvalue weighted by Crippen LogP contribution is -2.63. The van der Waals surface area contributed by atoms with Crippen molar-refractivity contribution in [3.63, 3.8) is 0 Å². The van der Waals surface area contributed by atoms with E-state index in [9.17, 15) is 22.8 Å². The maximum atomic E-state index is 13.3. The fourth-order valence-electron chi connectivity index (χ4n) is 7.51. The number of hydrogen-bond acceptors (Lipinski definition) is 6. The molecule has 1 atom stereocenters. The number of furan rings is 1. The van der Waals surface area contributed by atoms with Crippen molar-refractivity contribution in [3.8, 4) is 0 Å². The van der Waals surface area contributed by atoms with Gasteiger partial charge in [0.25, 0.3) is 5.91 Å². The van der Waals surface area contributed by atoms with E-state index in [-0.39, 0.29) is 23.1 Å².